The molecule has 0 fully saturated rings. The molecule has 2 aromatic heterocycles. The van der Waals surface area contributed by atoms with Crippen LogP contribution < -0.4 is 5.43 Å². The van der Waals surface area contributed by atoms with Crippen LogP contribution in [0, 0.1) is 6.92 Å². The van der Waals surface area contributed by atoms with Crippen molar-refractivity contribution in [3.05, 3.63) is 51.3 Å². The number of rotatable bonds is 3. The van der Waals surface area contributed by atoms with Gasteiger partial charge in [-0.05, 0) is 43.5 Å². The van der Waals surface area contributed by atoms with Gasteiger partial charge in [-0.25, -0.2) is 9.78 Å². The molecule has 0 spiro atoms. The zero-order chi connectivity index (χ0) is 17.4. The Morgan fingerprint density at radius 1 is 1.25 bits per heavy atom. The molecule has 5 nitrogen and oxygen atoms in total. The summed E-state index contributed by atoms with van der Waals surface area (Å²) in [5.41, 5.74) is 2.35. The maximum atomic E-state index is 12.9. The summed E-state index contributed by atoms with van der Waals surface area (Å²) in [5, 5.41) is 0.784. The van der Waals surface area contributed by atoms with Crippen molar-refractivity contribution < 1.29 is 13.9 Å². The Hall–Kier alpha value is -2.69. The summed E-state index contributed by atoms with van der Waals surface area (Å²) >= 11 is 0. The van der Waals surface area contributed by atoms with Crippen molar-refractivity contribution >= 4 is 28.0 Å². The Kier molecular flexibility index (Phi) is 4.09. The van der Waals surface area contributed by atoms with E-state index >= 15 is 0 Å². The minimum Gasteiger partial charge on any atom is -0.462 e. The smallest absolute Gasteiger partial charge is 0.339 e. The SMILES string of the molecule is CCOC(=O)c1cc2c(=O)c3cc(C(C)C)ccc3oc2nc1C. The molecular weight excluding hydrogens is 306 g/mol. The van der Waals surface area contributed by atoms with Crippen molar-refractivity contribution in [2.24, 2.45) is 0 Å². The minimum absolute atomic E-state index is 0.188. The van der Waals surface area contributed by atoms with Crippen molar-refractivity contribution in [2.75, 3.05) is 6.61 Å². The van der Waals surface area contributed by atoms with Gasteiger partial charge in [0.1, 0.15) is 5.58 Å². The number of carbonyl (C=O) groups excluding carboxylic acids is 1. The molecule has 0 unspecified atom stereocenters. The van der Waals surface area contributed by atoms with Crippen LogP contribution in [-0.4, -0.2) is 17.6 Å². The second-order valence-corrected chi connectivity index (χ2v) is 6.04. The van der Waals surface area contributed by atoms with Gasteiger partial charge in [-0.3, -0.25) is 4.79 Å². The number of pyridine rings is 1. The molecule has 0 aliphatic carbocycles. The van der Waals surface area contributed by atoms with Crippen LogP contribution in [0.4, 0.5) is 0 Å². The summed E-state index contributed by atoms with van der Waals surface area (Å²) in [6, 6.07) is 7.10. The van der Waals surface area contributed by atoms with Gasteiger partial charge in [-0.2, -0.15) is 0 Å². The van der Waals surface area contributed by atoms with Crippen LogP contribution in [0.3, 0.4) is 0 Å². The molecule has 1 aromatic carbocycles. The van der Waals surface area contributed by atoms with Gasteiger partial charge in [-0.15, -0.1) is 0 Å². The van der Waals surface area contributed by atoms with Gasteiger partial charge in [0.25, 0.3) is 0 Å². The standard InChI is InChI=1S/C19H19NO4/c1-5-23-19(22)13-9-15-17(21)14-8-12(10(2)3)6-7-16(14)24-18(15)20-11(13)4/h6-10H,5H2,1-4H3. The summed E-state index contributed by atoms with van der Waals surface area (Å²) in [4.78, 5) is 29.2. The fraction of sp³-hybridized carbons (Fsp3) is 0.316. The third-order valence-corrected chi connectivity index (χ3v) is 4.04. The predicted octanol–water partition coefficient (Wildman–Crippen LogP) is 3.95. The fourth-order valence-corrected chi connectivity index (χ4v) is 2.66. The number of ether oxygens (including phenoxy) is 1. The Balaban J connectivity index is 2.31. The lowest BCUT2D eigenvalue weighted by atomic mass is 10.0. The Morgan fingerprint density at radius 3 is 2.67 bits per heavy atom. The van der Waals surface area contributed by atoms with E-state index in [4.69, 9.17) is 9.15 Å². The number of carbonyl (C=O) groups is 1. The van der Waals surface area contributed by atoms with Gasteiger partial charge >= 0.3 is 5.97 Å². The van der Waals surface area contributed by atoms with Crippen molar-refractivity contribution in [1.82, 2.24) is 4.98 Å². The lowest BCUT2D eigenvalue weighted by Crippen LogP contribution is -2.11. The highest BCUT2D eigenvalue weighted by atomic mass is 16.5. The first kappa shape index (κ1) is 16.2. The van der Waals surface area contributed by atoms with Crippen LogP contribution in [-0.2, 0) is 4.74 Å². The van der Waals surface area contributed by atoms with E-state index in [9.17, 15) is 9.59 Å². The quantitative estimate of drug-likeness (QED) is 0.539. The number of esters is 1. The third kappa shape index (κ3) is 2.66. The van der Waals surface area contributed by atoms with E-state index in [0.717, 1.165) is 5.56 Å². The van der Waals surface area contributed by atoms with Gasteiger partial charge in [0.15, 0.2) is 0 Å². The molecule has 0 radical (unpaired) electrons. The summed E-state index contributed by atoms with van der Waals surface area (Å²) in [5.74, 6) is -0.185. The van der Waals surface area contributed by atoms with Crippen LogP contribution in [0.5, 0.6) is 0 Å². The summed E-state index contributed by atoms with van der Waals surface area (Å²) in [6.45, 7) is 7.82. The van der Waals surface area contributed by atoms with Crippen molar-refractivity contribution in [1.29, 1.82) is 0 Å². The lowest BCUT2D eigenvalue weighted by Gasteiger charge is -2.09. The Bertz CT molecular complexity index is 1000. The molecule has 0 amide bonds. The van der Waals surface area contributed by atoms with Gasteiger partial charge in [0.05, 0.1) is 28.6 Å². The minimum atomic E-state index is -0.486. The second-order valence-electron chi connectivity index (χ2n) is 6.04. The highest BCUT2D eigenvalue weighted by Gasteiger charge is 2.17. The monoisotopic (exact) mass is 325 g/mol. The van der Waals surface area contributed by atoms with E-state index in [1.807, 2.05) is 12.1 Å². The van der Waals surface area contributed by atoms with E-state index < -0.39 is 5.97 Å². The van der Waals surface area contributed by atoms with Crippen LogP contribution in [0.25, 0.3) is 22.1 Å². The van der Waals surface area contributed by atoms with Gasteiger partial charge in [0.2, 0.25) is 11.1 Å². The number of hydrogen-bond acceptors (Lipinski definition) is 5. The number of benzene rings is 1. The second kappa shape index (κ2) is 6.07. The zero-order valence-corrected chi connectivity index (χ0v) is 14.2. The predicted molar refractivity (Wildman–Crippen MR) is 92.6 cm³/mol. The molecule has 24 heavy (non-hydrogen) atoms. The number of aryl methyl sites for hydroxylation is 1. The normalized spacial score (nSPS) is 11.4. The molecule has 3 aromatic rings. The molecule has 0 aliphatic heterocycles. The molecule has 5 heteroatoms. The lowest BCUT2D eigenvalue weighted by molar-refractivity contribution is 0.0525. The van der Waals surface area contributed by atoms with E-state index in [2.05, 4.69) is 18.8 Å². The molecule has 0 bridgehead atoms. The first-order valence-corrected chi connectivity index (χ1v) is 7.97. The molecule has 2 heterocycles. The van der Waals surface area contributed by atoms with E-state index in [1.165, 1.54) is 6.07 Å². The Morgan fingerprint density at radius 2 is 2.00 bits per heavy atom. The van der Waals surface area contributed by atoms with Gasteiger partial charge in [-0.1, -0.05) is 19.9 Å². The maximum absolute atomic E-state index is 12.9. The average Bonchev–Trinajstić information content (AvgIpc) is 2.54. The van der Waals surface area contributed by atoms with Crippen LogP contribution in [0.1, 0.15) is 48.3 Å². The van der Waals surface area contributed by atoms with Crippen molar-refractivity contribution in [3.63, 3.8) is 0 Å². The first-order valence-electron chi connectivity index (χ1n) is 7.97. The molecule has 0 saturated carbocycles. The Labute approximate surface area is 139 Å². The summed E-state index contributed by atoms with van der Waals surface area (Å²) in [7, 11) is 0. The third-order valence-electron chi connectivity index (χ3n) is 4.04. The van der Waals surface area contributed by atoms with Crippen LogP contribution in [0.15, 0.2) is 33.5 Å². The summed E-state index contributed by atoms with van der Waals surface area (Å²) in [6.07, 6.45) is 0. The zero-order valence-electron chi connectivity index (χ0n) is 14.2. The average molecular weight is 325 g/mol. The molecule has 0 saturated heterocycles. The van der Waals surface area contributed by atoms with Crippen LogP contribution >= 0.6 is 0 Å². The molecule has 3 rings (SSSR count). The fourth-order valence-electron chi connectivity index (χ4n) is 2.66. The molecular formula is C19H19NO4. The highest BCUT2D eigenvalue weighted by Crippen LogP contribution is 2.23. The van der Waals surface area contributed by atoms with E-state index in [0.29, 0.717) is 22.6 Å². The summed E-state index contributed by atoms with van der Waals surface area (Å²) < 4.78 is 10.8. The first-order chi connectivity index (χ1) is 11.4. The number of aromatic nitrogens is 1. The van der Waals surface area contributed by atoms with Crippen molar-refractivity contribution in [2.45, 2.75) is 33.6 Å². The molecule has 124 valence electrons. The topological polar surface area (TPSA) is 69.4 Å². The van der Waals surface area contributed by atoms with E-state index in [1.54, 1.807) is 19.9 Å². The molecule has 0 atom stereocenters. The van der Waals surface area contributed by atoms with Gasteiger partial charge in [0, 0.05) is 0 Å². The highest BCUT2D eigenvalue weighted by molar-refractivity contribution is 5.96. The number of nitrogens with zero attached hydrogens (tertiary/aromatic N) is 1. The molecule has 0 aliphatic rings. The van der Waals surface area contributed by atoms with Gasteiger partial charge < -0.3 is 9.15 Å². The number of hydrogen-bond donors (Lipinski definition) is 0. The number of fused-ring (bicyclic) bond motifs is 2. The van der Waals surface area contributed by atoms with Crippen molar-refractivity contribution in [3.8, 4) is 0 Å². The van der Waals surface area contributed by atoms with E-state index in [-0.39, 0.29) is 28.7 Å². The molecule has 0 N–H and O–H groups in total. The van der Waals surface area contributed by atoms with Crippen LogP contribution in [0.2, 0.25) is 0 Å². The largest absolute Gasteiger partial charge is 0.462 e. The maximum Gasteiger partial charge on any atom is 0.339 e.